The van der Waals surface area contributed by atoms with Crippen LogP contribution in [0.5, 0.6) is 0 Å². The minimum absolute atomic E-state index is 0.829. The number of nitrogens with zero attached hydrogens (tertiary/aromatic N) is 2. The third kappa shape index (κ3) is 4.62. The second-order valence-corrected chi connectivity index (χ2v) is 12.8. The number of rotatable bonds is 2. The molecule has 0 saturated carbocycles. The minimum atomic E-state index is -1.28. The number of benzene rings is 1. The molecule has 2 saturated heterocycles. The van der Waals surface area contributed by atoms with E-state index in [2.05, 4.69) is 65.2 Å². The van der Waals surface area contributed by atoms with Crippen LogP contribution in [0.15, 0.2) is 24.3 Å². The Morgan fingerprint density at radius 2 is 1.52 bits per heavy atom. The molecule has 2 aliphatic rings. The van der Waals surface area contributed by atoms with E-state index >= 15 is 0 Å². The summed E-state index contributed by atoms with van der Waals surface area (Å²) in [6.07, 6.45) is 5.44. The maximum absolute atomic E-state index is 3.44. The summed E-state index contributed by atoms with van der Waals surface area (Å²) >= 11 is 0. The SMILES string of the molecule is C[Si](C)(C)C#Cc1ccc(N2CCC(N3CCCC3)CC2)cc1. The summed E-state index contributed by atoms with van der Waals surface area (Å²) < 4.78 is 0. The zero-order valence-corrected chi connectivity index (χ0v) is 15.9. The summed E-state index contributed by atoms with van der Waals surface area (Å²) in [6, 6.07) is 9.72. The molecule has 3 heteroatoms. The highest BCUT2D eigenvalue weighted by atomic mass is 28.3. The lowest BCUT2D eigenvalue weighted by Crippen LogP contribution is -2.43. The summed E-state index contributed by atoms with van der Waals surface area (Å²) in [5.74, 6) is 3.35. The molecular weight excluding hydrogens is 296 g/mol. The first-order chi connectivity index (χ1) is 11.0. The standard InChI is InChI=1S/C20H30N2Si/c1-23(2,3)17-12-18-6-8-19(9-7-18)22-15-10-20(11-16-22)21-13-4-5-14-21/h6-9,20H,4-5,10-11,13-16H2,1-3H3. The van der Waals surface area contributed by atoms with Crippen molar-refractivity contribution in [2.24, 2.45) is 0 Å². The van der Waals surface area contributed by atoms with E-state index in [1.165, 1.54) is 57.5 Å². The van der Waals surface area contributed by atoms with Crippen LogP contribution in [0.3, 0.4) is 0 Å². The van der Waals surface area contributed by atoms with Gasteiger partial charge in [-0.3, -0.25) is 0 Å². The van der Waals surface area contributed by atoms with Crippen LogP contribution in [0, 0.1) is 11.5 Å². The second kappa shape index (κ2) is 7.11. The molecule has 2 heterocycles. The van der Waals surface area contributed by atoms with Crippen LogP contribution in [0.4, 0.5) is 5.69 Å². The Hall–Kier alpha value is -1.24. The average molecular weight is 327 g/mol. The van der Waals surface area contributed by atoms with Crippen LogP contribution >= 0.6 is 0 Å². The summed E-state index contributed by atoms with van der Waals surface area (Å²) in [5.41, 5.74) is 5.96. The lowest BCUT2D eigenvalue weighted by atomic mass is 10.0. The van der Waals surface area contributed by atoms with Crippen molar-refractivity contribution in [3.8, 4) is 11.5 Å². The zero-order valence-electron chi connectivity index (χ0n) is 14.9. The Morgan fingerprint density at radius 3 is 2.09 bits per heavy atom. The topological polar surface area (TPSA) is 6.48 Å². The van der Waals surface area contributed by atoms with E-state index < -0.39 is 8.07 Å². The fourth-order valence-electron chi connectivity index (χ4n) is 3.61. The molecule has 0 amide bonds. The van der Waals surface area contributed by atoms with E-state index in [0.717, 1.165) is 11.6 Å². The Balaban J connectivity index is 1.57. The molecule has 1 aromatic carbocycles. The molecule has 2 nitrogen and oxygen atoms in total. The van der Waals surface area contributed by atoms with E-state index in [1.54, 1.807) is 0 Å². The van der Waals surface area contributed by atoms with Crippen molar-refractivity contribution in [2.75, 3.05) is 31.1 Å². The highest BCUT2D eigenvalue weighted by Crippen LogP contribution is 2.25. The summed E-state index contributed by atoms with van der Waals surface area (Å²) in [5, 5.41) is 0. The van der Waals surface area contributed by atoms with Gasteiger partial charge in [0.15, 0.2) is 0 Å². The molecule has 0 radical (unpaired) electrons. The van der Waals surface area contributed by atoms with Crippen molar-refractivity contribution in [1.82, 2.24) is 4.90 Å². The number of piperidine rings is 1. The minimum Gasteiger partial charge on any atom is -0.371 e. The van der Waals surface area contributed by atoms with E-state index in [-0.39, 0.29) is 0 Å². The molecule has 124 valence electrons. The molecule has 0 unspecified atom stereocenters. The molecule has 0 aliphatic carbocycles. The number of hydrogen-bond acceptors (Lipinski definition) is 2. The molecule has 2 aliphatic heterocycles. The van der Waals surface area contributed by atoms with Gasteiger partial charge in [-0.2, -0.15) is 0 Å². The first-order valence-corrected chi connectivity index (χ1v) is 12.6. The molecule has 1 aromatic rings. The number of hydrogen-bond donors (Lipinski definition) is 0. The molecule has 0 atom stereocenters. The Kier molecular flexibility index (Phi) is 5.13. The van der Waals surface area contributed by atoms with Gasteiger partial charge in [0, 0.05) is 30.4 Å². The zero-order chi connectivity index (χ0) is 16.3. The summed E-state index contributed by atoms with van der Waals surface area (Å²) in [7, 11) is -1.28. The number of anilines is 1. The van der Waals surface area contributed by atoms with Crippen molar-refractivity contribution in [3.63, 3.8) is 0 Å². The van der Waals surface area contributed by atoms with Gasteiger partial charge in [0.25, 0.3) is 0 Å². The smallest absolute Gasteiger partial charge is 0.129 e. The second-order valence-electron chi connectivity index (χ2n) is 8.01. The average Bonchev–Trinajstić information content (AvgIpc) is 3.07. The molecule has 2 fully saturated rings. The monoisotopic (exact) mass is 326 g/mol. The third-order valence-electron chi connectivity index (χ3n) is 4.94. The van der Waals surface area contributed by atoms with Crippen LogP contribution in [0.1, 0.15) is 31.2 Å². The van der Waals surface area contributed by atoms with Crippen LogP contribution in [0.2, 0.25) is 19.6 Å². The van der Waals surface area contributed by atoms with Crippen LogP contribution in [-0.4, -0.2) is 45.2 Å². The van der Waals surface area contributed by atoms with Gasteiger partial charge < -0.3 is 9.80 Å². The van der Waals surface area contributed by atoms with Gasteiger partial charge >= 0.3 is 0 Å². The van der Waals surface area contributed by atoms with Gasteiger partial charge in [0.2, 0.25) is 0 Å². The first-order valence-electron chi connectivity index (χ1n) is 9.13. The number of likely N-dealkylation sites (tertiary alicyclic amines) is 1. The van der Waals surface area contributed by atoms with E-state index in [4.69, 9.17) is 0 Å². The van der Waals surface area contributed by atoms with Gasteiger partial charge in [0.05, 0.1) is 0 Å². The molecule has 0 N–H and O–H groups in total. The van der Waals surface area contributed by atoms with E-state index in [0.29, 0.717) is 0 Å². The Labute approximate surface area is 142 Å². The largest absolute Gasteiger partial charge is 0.371 e. The van der Waals surface area contributed by atoms with Crippen molar-refractivity contribution >= 4 is 13.8 Å². The predicted molar refractivity (Wildman–Crippen MR) is 103 cm³/mol. The van der Waals surface area contributed by atoms with Crippen molar-refractivity contribution in [2.45, 2.75) is 51.4 Å². The van der Waals surface area contributed by atoms with Gasteiger partial charge in [-0.1, -0.05) is 25.6 Å². The van der Waals surface area contributed by atoms with Gasteiger partial charge in [0.1, 0.15) is 8.07 Å². The van der Waals surface area contributed by atoms with Crippen LogP contribution < -0.4 is 4.90 Å². The van der Waals surface area contributed by atoms with Crippen LogP contribution in [0.25, 0.3) is 0 Å². The lowest BCUT2D eigenvalue weighted by Gasteiger charge is -2.37. The van der Waals surface area contributed by atoms with Crippen LogP contribution in [-0.2, 0) is 0 Å². The first kappa shape index (κ1) is 16.6. The van der Waals surface area contributed by atoms with E-state index in [9.17, 15) is 0 Å². The molecule has 0 aromatic heterocycles. The summed E-state index contributed by atoms with van der Waals surface area (Å²) in [6.45, 7) is 11.9. The van der Waals surface area contributed by atoms with Gasteiger partial charge in [-0.25, -0.2) is 0 Å². The van der Waals surface area contributed by atoms with Gasteiger partial charge in [-0.05, 0) is 63.0 Å². The molecule has 0 bridgehead atoms. The predicted octanol–water partition coefficient (Wildman–Crippen LogP) is 3.98. The highest BCUT2D eigenvalue weighted by molar-refractivity contribution is 6.83. The van der Waals surface area contributed by atoms with Crippen molar-refractivity contribution in [1.29, 1.82) is 0 Å². The molecular formula is C20H30N2Si. The van der Waals surface area contributed by atoms with Crippen molar-refractivity contribution < 1.29 is 0 Å². The highest BCUT2D eigenvalue weighted by Gasteiger charge is 2.26. The quantitative estimate of drug-likeness (QED) is 0.599. The third-order valence-corrected chi connectivity index (χ3v) is 5.81. The fraction of sp³-hybridized carbons (Fsp3) is 0.600. The molecule has 3 rings (SSSR count). The van der Waals surface area contributed by atoms with Crippen molar-refractivity contribution in [3.05, 3.63) is 29.8 Å². The fourth-order valence-corrected chi connectivity index (χ4v) is 4.13. The Morgan fingerprint density at radius 1 is 0.913 bits per heavy atom. The van der Waals surface area contributed by atoms with E-state index in [1.807, 2.05) is 0 Å². The lowest BCUT2D eigenvalue weighted by molar-refractivity contribution is 0.208. The molecule has 23 heavy (non-hydrogen) atoms. The Bertz CT molecular complexity index is 562. The van der Waals surface area contributed by atoms with Gasteiger partial charge in [-0.15, -0.1) is 5.54 Å². The maximum Gasteiger partial charge on any atom is 0.129 e. The summed E-state index contributed by atoms with van der Waals surface area (Å²) in [4.78, 5) is 5.26. The normalized spacial score (nSPS) is 20.4. The maximum atomic E-state index is 3.44. The molecule has 0 spiro atoms.